The van der Waals surface area contributed by atoms with Crippen molar-refractivity contribution in [1.29, 1.82) is 0 Å². The lowest BCUT2D eigenvalue weighted by Gasteiger charge is -2.29. The molecule has 21 heavy (non-hydrogen) atoms. The highest BCUT2D eigenvalue weighted by atomic mass is 35.5. The van der Waals surface area contributed by atoms with Gasteiger partial charge in [-0.3, -0.25) is 4.79 Å². The summed E-state index contributed by atoms with van der Waals surface area (Å²) in [6, 6.07) is 1.24. The Hall–Kier alpha value is -1.20. The quantitative estimate of drug-likeness (QED) is 0.889. The van der Waals surface area contributed by atoms with E-state index in [2.05, 4.69) is 15.6 Å². The first-order valence-electron chi connectivity index (χ1n) is 7.12. The molecule has 1 aliphatic heterocycles. The van der Waals surface area contributed by atoms with Crippen molar-refractivity contribution in [2.45, 2.75) is 32.2 Å². The molecule has 2 heterocycles. The lowest BCUT2D eigenvalue weighted by molar-refractivity contribution is -0.132. The number of amides is 1. The number of carbonyl (C=O) groups is 1. The number of rotatable bonds is 4. The average Bonchev–Trinajstić information content (AvgIpc) is 2.50. The minimum Gasteiger partial charge on any atom is -0.372 e. The van der Waals surface area contributed by atoms with Gasteiger partial charge in [-0.05, 0) is 32.3 Å². The van der Waals surface area contributed by atoms with Gasteiger partial charge in [0.1, 0.15) is 17.7 Å². The van der Waals surface area contributed by atoms with Crippen molar-refractivity contribution in [3.63, 3.8) is 0 Å². The Bertz CT molecular complexity index is 518. The van der Waals surface area contributed by atoms with Gasteiger partial charge in [0.2, 0.25) is 5.91 Å². The maximum atomic E-state index is 12.4. The van der Waals surface area contributed by atoms with E-state index in [0.29, 0.717) is 21.7 Å². The van der Waals surface area contributed by atoms with Crippen LogP contribution in [0.3, 0.4) is 0 Å². The van der Waals surface area contributed by atoms with Crippen LogP contribution in [0, 0.1) is 0 Å². The van der Waals surface area contributed by atoms with E-state index < -0.39 is 0 Å². The molecule has 0 spiro atoms. The number of hydrogen-bond donors (Lipinski definition) is 2. The number of halogens is 2. The molecule has 5 nitrogen and oxygen atoms in total. The summed E-state index contributed by atoms with van der Waals surface area (Å²) in [6.07, 6.45) is 3.34. The van der Waals surface area contributed by atoms with Gasteiger partial charge in [0.25, 0.3) is 0 Å². The molecular weight excluding hydrogens is 311 g/mol. The molecule has 1 aromatic heterocycles. The molecule has 1 aliphatic rings. The second kappa shape index (κ2) is 7.18. The summed E-state index contributed by atoms with van der Waals surface area (Å²) in [5.74, 6) is 1.07. The van der Waals surface area contributed by atoms with Crippen LogP contribution in [-0.2, 0) is 4.79 Å². The van der Waals surface area contributed by atoms with E-state index in [1.165, 1.54) is 6.42 Å². The molecule has 0 bridgehead atoms. The van der Waals surface area contributed by atoms with Gasteiger partial charge in [-0.25, -0.2) is 4.98 Å². The zero-order valence-electron chi connectivity index (χ0n) is 12.2. The molecule has 1 amide bonds. The van der Waals surface area contributed by atoms with Crippen LogP contribution in [0.4, 0.5) is 11.6 Å². The van der Waals surface area contributed by atoms with Gasteiger partial charge in [0, 0.05) is 20.1 Å². The normalized spacial score (nSPS) is 16.5. The topological polar surface area (TPSA) is 57.3 Å². The lowest BCUT2D eigenvalue weighted by atomic mass is 10.1. The van der Waals surface area contributed by atoms with Crippen LogP contribution >= 0.6 is 23.2 Å². The number of likely N-dealkylation sites (tertiary alicyclic amines) is 1. The minimum atomic E-state index is -0.376. The fourth-order valence-electron chi connectivity index (χ4n) is 2.40. The average molecular weight is 331 g/mol. The molecule has 2 rings (SSSR count). The summed E-state index contributed by atoms with van der Waals surface area (Å²) in [5.41, 5.74) is 0. The van der Waals surface area contributed by atoms with Crippen molar-refractivity contribution in [2.75, 3.05) is 30.8 Å². The van der Waals surface area contributed by atoms with Crippen LogP contribution < -0.4 is 10.6 Å². The fourth-order valence-corrected chi connectivity index (χ4v) is 2.91. The Labute approximate surface area is 135 Å². The SMILES string of the molecule is CNc1nc(NC(C)C(=O)N2CCCCC2)c(Cl)cc1Cl. The second-order valence-electron chi connectivity index (χ2n) is 5.15. The Morgan fingerprint density at radius 1 is 1.24 bits per heavy atom. The van der Waals surface area contributed by atoms with Crippen LogP contribution in [0.1, 0.15) is 26.2 Å². The molecule has 1 saturated heterocycles. The van der Waals surface area contributed by atoms with Crippen LogP contribution in [0.2, 0.25) is 10.0 Å². The van der Waals surface area contributed by atoms with Gasteiger partial charge in [-0.2, -0.15) is 0 Å². The van der Waals surface area contributed by atoms with Crippen molar-refractivity contribution in [3.05, 3.63) is 16.1 Å². The van der Waals surface area contributed by atoms with E-state index in [9.17, 15) is 4.79 Å². The van der Waals surface area contributed by atoms with E-state index in [4.69, 9.17) is 23.2 Å². The number of nitrogens with zero attached hydrogens (tertiary/aromatic N) is 2. The number of anilines is 2. The lowest BCUT2D eigenvalue weighted by Crippen LogP contribution is -2.44. The van der Waals surface area contributed by atoms with Crippen LogP contribution in [-0.4, -0.2) is 42.0 Å². The second-order valence-corrected chi connectivity index (χ2v) is 5.97. The predicted octanol–water partition coefficient (Wildman–Crippen LogP) is 3.24. The molecule has 116 valence electrons. The summed E-state index contributed by atoms with van der Waals surface area (Å²) in [7, 11) is 1.73. The van der Waals surface area contributed by atoms with Gasteiger partial charge in [-0.15, -0.1) is 0 Å². The van der Waals surface area contributed by atoms with E-state index in [1.54, 1.807) is 13.1 Å². The first kappa shape index (κ1) is 16.2. The first-order valence-corrected chi connectivity index (χ1v) is 7.87. The van der Waals surface area contributed by atoms with Crippen molar-refractivity contribution < 1.29 is 4.79 Å². The number of aromatic nitrogens is 1. The molecule has 0 aliphatic carbocycles. The maximum Gasteiger partial charge on any atom is 0.244 e. The van der Waals surface area contributed by atoms with E-state index in [0.717, 1.165) is 25.9 Å². The van der Waals surface area contributed by atoms with Crippen molar-refractivity contribution >= 4 is 40.7 Å². The standard InChI is InChI=1S/C14H20Cl2N4O/c1-9(14(21)20-6-4-3-5-7-20)18-13-11(16)8-10(15)12(17-2)19-13/h8-9H,3-7H2,1-2H3,(H2,17,18,19). The maximum absolute atomic E-state index is 12.4. The smallest absolute Gasteiger partial charge is 0.244 e. The summed E-state index contributed by atoms with van der Waals surface area (Å²) in [4.78, 5) is 18.6. The van der Waals surface area contributed by atoms with E-state index >= 15 is 0 Å². The van der Waals surface area contributed by atoms with Gasteiger partial charge < -0.3 is 15.5 Å². The van der Waals surface area contributed by atoms with Crippen LogP contribution in [0.5, 0.6) is 0 Å². The van der Waals surface area contributed by atoms with Gasteiger partial charge in [-0.1, -0.05) is 23.2 Å². The summed E-state index contributed by atoms with van der Waals surface area (Å²) < 4.78 is 0. The molecule has 1 fully saturated rings. The number of pyridine rings is 1. The third-order valence-corrected chi connectivity index (χ3v) is 4.13. The third-order valence-electron chi connectivity index (χ3n) is 3.56. The first-order chi connectivity index (χ1) is 10.0. The summed E-state index contributed by atoms with van der Waals surface area (Å²) in [5, 5.41) is 6.82. The third kappa shape index (κ3) is 3.92. The fraction of sp³-hybridized carbons (Fsp3) is 0.571. The van der Waals surface area contributed by atoms with Gasteiger partial charge >= 0.3 is 0 Å². The minimum absolute atomic E-state index is 0.0773. The predicted molar refractivity (Wildman–Crippen MR) is 87.3 cm³/mol. The summed E-state index contributed by atoms with van der Waals surface area (Å²) >= 11 is 12.1. The Balaban J connectivity index is 2.08. The molecule has 0 saturated carbocycles. The molecule has 1 unspecified atom stereocenters. The highest BCUT2D eigenvalue weighted by Crippen LogP contribution is 2.29. The number of piperidine rings is 1. The van der Waals surface area contributed by atoms with Crippen molar-refractivity contribution in [3.8, 4) is 0 Å². The molecule has 7 heteroatoms. The van der Waals surface area contributed by atoms with Gasteiger partial charge in [0.15, 0.2) is 0 Å². The largest absolute Gasteiger partial charge is 0.372 e. The van der Waals surface area contributed by atoms with Crippen molar-refractivity contribution in [1.82, 2.24) is 9.88 Å². The monoisotopic (exact) mass is 330 g/mol. The molecular formula is C14H20Cl2N4O. The Morgan fingerprint density at radius 3 is 2.48 bits per heavy atom. The van der Waals surface area contributed by atoms with Crippen LogP contribution in [0.15, 0.2) is 6.07 Å². The highest BCUT2D eigenvalue weighted by molar-refractivity contribution is 6.37. The molecule has 0 aromatic carbocycles. The zero-order valence-corrected chi connectivity index (χ0v) is 13.8. The number of carbonyl (C=O) groups excluding carboxylic acids is 1. The molecule has 1 atom stereocenters. The molecule has 0 radical (unpaired) electrons. The summed E-state index contributed by atoms with van der Waals surface area (Å²) in [6.45, 7) is 3.48. The van der Waals surface area contributed by atoms with Crippen molar-refractivity contribution in [2.24, 2.45) is 0 Å². The van der Waals surface area contributed by atoms with E-state index in [1.807, 2.05) is 11.8 Å². The van der Waals surface area contributed by atoms with Crippen LogP contribution in [0.25, 0.3) is 0 Å². The zero-order chi connectivity index (χ0) is 15.4. The highest BCUT2D eigenvalue weighted by Gasteiger charge is 2.23. The number of nitrogens with one attached hydrogen (secondary N) is 2. The van der Waals surface area contributed by atoms with Gasteiger partial charge in [0.05, 0.1) is 10.0 Å². The van der Waals surface area contributed by atoms with E-state index in [-0.39, 0.29) is 11.9 Å². The Kier molecular flexibility index (Phi) is 5.53. The Morgan fingerprint density at radius 2 is 1.86 bits per heavy atom. The molecule has 2 N–H and O–H groups in total. The molecule has 1 aromatic rings. The number of hydrogen-bond acceptors (Lipinski definition) is 4.